The first-order chi connectivity index (χ1) is 9.67. The molecule has 0 saturated heterocycles. The van der Waals surface area contributed by atoms with E-state index in [1.165, 1.54) is 0 Å². The number of nitrogens with two attached hydrogens (primary N) is 1. The molecular formula is C16H19NO3. The molecule has 4 heteroatoms. The first-order valence-corrected chi connectivity index (χ1v) is 6.40. The van der Waals surface area contributed by atoms with Gasteiger partial charge in [0.15, 0.2) is 11.5 Å². The van der Waals surface area contributed by atoms with Crippen molar-refractivity contribution in [3.63, 3.8) is 0 Å². The lowest BCUT2D eigenvalue weighted by atomic mass is 10.1. The summed E-state index contributed by atoms with van der Waals surface area (Å²) in [6, 6.07) is 12.9. The standard InChI is InChI=1S/C16H19NO3/c1-11(17)16-14(19-3)9-6-10-15(16)20-13-8-5-4-7-12(13)18-2/h4-11H,17H2,1-3H3/t11-/m1/s1. The highest BCUT2D eigenvalue weighted by Crippen LogP contribution is 2.38. The van der Waals surface area contributed by atoms with Crippen LogP contribution in [-0.4, -0.2) is 14.2 Å². The second-order valence-corrected chi connectivity index (χ2v) is 4.41. The summed E-state index contributed by atoms with van der Waals surface area (Å²) in [6.45, 7) is 1.90. The second-order valence-electron chi connectivity index (χ2n) is 4.41. The predicted octanol–water partition coefficient (Wildman–Crippen LogP) is 3.52. The minimum Gasteiger partial charge on any atom is -0.496 e. The Labute approximate surface area is 119 Å². The van der Waals surface area contributed by atoms with Crippen LogP contribution in [0.25, 0.3) is 0 Å². The molecule has 2 N–H and O–H groups in total. The summed E-state index contributed by atoms with van der Waals surface area (Å²) in [4.78, 5) is 0. The molecule has 2 aromatic rings. The summed E-state index contributed by atoms with van der Waals surface area (Å²) in [6.07, 6.45) is 0. The molecule has 0 aliphatic rings. The maximum Gasteiger partial charge on any atom is 0.169 e. The monoisotopic (exact) mass is 273 g/mol. The van der Waals surface area contributed by atoms with Gasteiger partial charge in [-0.3, -0.25) is 0 Å². The fourth-order valence-electron chi connectivity index (χ4n) is 2.06. The minimum atomic E-state index is -0.198. The average molecular weight is 273 g/mol. The van der Waals surface area contributed by atoms with E-state index < -0.39 is 0 Å². The molecule has 20 heavy (non-hydrogen) atoms. The quantitative estimate of drug-likeness (QED) is 0.905. The van der Waals surface area contributed by atoms with Gasteiger partial charge < -0.3 is 19.9 Å². The average Bonchev–Trinajstić information content (AvgIpc) is 2.47. The first-order valence-electron chi connectivity index (χ1n) is 6.40. The summed E-state index contributed by atoms with van der Waals surface area (Å²) in [7, 11) is 3.23. The van der Waals surface area contributed by atoms with E-state index in [4.69, 9.17) is 19.9 Å². The minimum absolute atomic E-state index is 0.198. The Morgan fingerprint density at radius 2 is 1.35 bits per heavy atom. The van der Waals surface area contributed by atoms with Crippen LogP contribution in [0.2, 0.25) is 0 Å². The molecular weight excluding hydrogens is 254 g/mol. The largest absolute Gasteiger partial charge is 0.496 e. The molecule has 0 spiro atoms. The Morgan fingerprint density at radius 3 is 1.95 bits per heavy atom. The van der Waals surface area contributed by atoms with Crippen molar-refractivity contribution in [2.75, 3.05) is 14.2 Å². The van der Waals surface area contributed by atoms with Gasteiger partial charge in [-0.2, -0.15) is 0 Å². The van der Waals surface area contributed by atoms with Crippen LogP contribution >= 0.6 is 0 Å². The van der Waals surface area contributed by atoms with E-state index in [0.29, 0.717) is 23.0 Å². The Balaban J connectivity index is 2.43. The van der Waals surface area contributed by atoms with Gasteiger partial charge in [0.25, 0.3) is 0 Å². The lowest BCUT2D eigenvalue weighted by Gasteiger charge is -2.18. The van der Waals surface area contributed by atoms with E-state index in [1.54, 1.807) is 14.2 Å². The predicted molar refractivity (Wildman–Crippen MR) is 78.7 cm³/mol. The van der Waals surface area contributed by atoms with E-state index >= 15 is 0 Å². The number of ether oxygens (including phenoxy) is 3. The molecule has 0 aliphatic carbocycles. The Bertz CT molecular complexity index is 582. The van der Waals surface area contributed by atoms with Crippen molar-refractivity contribution in [3.05, 3.63) is 48.0 Å². The van der Waals surface area contributed by atoms with Crippen molar-refractivity contribution in [1.82, 2.24) is 0 Å². The van der Waals surface area contributed by atoms with Gasteiger partial charge >= 0.3 is 0 Å². The molecule has 4 nitrogen and oxygen atoms in total. The molecule has 0 bridgehead atoms. The van der Waals surface area contributed by atoms with Gasteiger partial charge in [0, 0.05) is 6.04 Å². The van der Waals surface area contributed by atoms with Crippen molar-refractivity contribution in [1.29, 1.82) is 0 Å². The number of para-hydroxylation sites is 2. The Morgan fingerprint density at radius 1 is 0.800 bits per heavy atom. The van der Waals surface area contributed by atoms with Crippen LogP contribution in [0.1, 0.15) is 18.5 Å². The zero-order chi connectivity index (χ0) is 14.5. The Kier molecular flexibility index (Phi) is 4.48. The smallest absolute Gasteiger partial charge is 0.169 e. The molecule has 0 saturated carbocycles. The molecule has 0 aliphatic heterocycles. The molecule has 0 heterocycles. The molecule has 2 aromatic carbocycles. The van der Waals surface area contributed by atoms with Gasteiger partial charge in [0.2, 0.25) is 0 Å². The van der Waals surface area contributed by atoms with Crippen LogP contribution in [0.5, 0.6) is 23.0 Å². The van der Waals surface area contributed by atoms with Gasteiger partial charge in [-0.25, -0.2) is 0 Å². The lowest BCUT2D eigenvalue weighted by molar-refractivity contribution is 0.371. The van der Waals surface area contributed by atoms with Gasteiger partial charge in [0.1, 0.15) is 11.5 Å². The highest BCUT2D eigenvalue weighted by molar-refractivity contribution is 5.50. The van der Waals surface area contributed by atoms with Gasteiger partial charge in [0.05, 0.1) is 19.8 Å². The van der Waals surface area contributed by atoms with Crippen LogP contribution in [0.3, 0.4) is 0 Å². The zero-order valence-electron chi connectivity index (χ0n) is 11.9. The number of benzene rings is 2. The van der Waals surface area contributed by atoms with Crippen molar-refractivity contribution >= 4 is 0 Å². The fraction of sp³-hybridized carbons (Fsp3) is 0.250. The number of hydrogen-bond donors (Lipinski definition) is 1. The van der Waals surface area contributed by atoms with Crippen molar-refractivity contribution < 1.29 is 14.2 Å². The second kappa shape index (κ2) is 6.30. The molecule has 0 radical (unpaired) electrons. The molecule has 0 fully saturated rings. The normalized spacial score (nSPS) is 11.8. The van der Waals surface area contributed by atoms with Crippen LogP contribution < -0.4 is 19.9 Å². The number of hydrogen-bond acceptors (Lipinski definition) is 4. The fourth-order valence-corrected chi connectivity index (χ4v) is 2.06. The van der Waals surface area contributed by atoms with Crippen LogP contribution in [0.15, 0.2) is 42.5 Å². The topological polar surface area (TPSA) is 53.7 Å². The Hall–Kier alpha value is -2.20. The lowest BCUT2D eigenvalue weighted by Crippen LogP contribution is -2.08. The van der Waals surface area contributed by atoms with E-state index in [-0.39, 0.29) is 6.04 Å². The van der Waals surface area contributed by atoms with E-state index in [9.17, 15) is 0 Å². The van der Waals surface area contributed by atoms with Crippen molar-refractivity contribution in [3.8, 4) is 23.0 Å². The van der Waals surface area contributed by atoms with Gasteiger partial charge in [-0.15, -0.1) is 0 Å². The van der Waals surface area contributed by atoms with Crippen LogP contribution in [-0.2, 0) is 0 Å². The van der Waals surface area contributed by atoms with E-state index in [2.05, 4.69) is 0 Å². The number of methoxy groups -OCH3 is 2. The SMILES string of the molecule is COc1ccccc1Oc1cccc(OC)c1[C@@H](C)N. The summed E-state index contributed by atoms with van der Waals surface area (Å²) in [5, 5.41) is 0. The maximum atomic E-state index is 6.02. The third-order valence-corrected chi connectivity index (χ3v) is 2.99. The molecule has 0 unspecified atom stereocenters. The van der Waals surface area contributed by atoms with Gasteiger partial charge in [-0.05, 0) is 31.2 Å². The number of rotatable bonds is 5. The molecule has 106 valence electrons. The summed E-state index contributed by atoms with van der Waals surface area (Å²) >= 11 is 0. The molecule has 1 atom stereocenters. The maximum absolute atomic E-state index is 6.02. The van der Waals surface area contributed by atoms with E-state index in [1.807, 2.05) is 49.4 Å². The summed E-state index contributed by atoms with van der Waals surface area (Å²) in [5.74, 6) is 2.70. The zero-order valence-corrected chi connectivity index (χ0v) is 11.9. The van der Waals surface area contributed by atoms with Crippen LogP contribution in [0.4, 0.5) is 0 Å². The summed E-state index contributed by atoms with van der Waals surface area (Å²) in [5.41, 5.74) is 6.86. The van der Waals surface area contributed by atoms with Crippen molar-refractivity contribution in [2.45, 2.75) is 13.0 Å². The third kappa shape index (κ3) is 2.86. The molecule has 2 rings (SSSR count). The highest BCUT2D eigenvalue weighted by Gasteiger charge is 2.16. The van der Waals surface area contributed by atoms with E-state index in [0.717, 1.165) is 5.56 Å². The first kappa shape index (κ1) is 14.2. The highest BCUT2D eigenvalue weighted by atomic mass is 16.5. The van der Waals surface area contributed by atoms with Crippen molar-refractivity contribution in [2.24, 2.45) is 5.73 Å². The molecule has 0 amide bonds. The summed E-state index contributed by atoms with van der Waals surface area (Å²) < 4.78 is 16.6. The molecule has 0 aromatic heterocycles. The van der Waals surface area contributed by atoms with Gasteiger partial charge in [-0.1, -0.05) is 18.2 Å². The third-order valence-electron chi connectivity index (χ3n) is 2.99. The van der Waals surface area contributed by atoms with Crippen LogP contribution in [0, 0.1) is 0 Å².